The number of aromatic nitrogens is 4. The summed E-state index contributed by atoms with van der Waals surface area (Å²) in [7, 11) is 1.91. The highest BCUT2D eigenvalue weighted by atomic mass is 16.5. The fraction of sp³-hybridized carbons (Fsp3) is 0.300. The minimum atomic E-state index is -0.337. The fourth-order valence-corrected chi connectivity index (χ4v) is 5.05. The van der Waals surface area contributed by atoms with Crippen LogP contribution in [0, 0.1) is 6.92 Å². The molecule has 2 aromatic heterocycles. The molecule has 3 aliphatic heterocycles. The van der Waals surface area contributed by atoms with Crippen molar-refractivity contribution in [3.63, 3.8) is 0 Å². The third kappa shape index (κ3) is 5.84. The van der Waals surface area contributed by atoms with E-state index in [1.54, 1.807) is 18.3 Å². The molecule has 41 heavy (non-hydrogen) atoms. The molecule has 11 heteroatoms. The lowest BCUT2D eigenvalue weighted by Gasteiger charge is -2.39. The van der Waals surface area contributed by atoms with Crippen molar-refractivity contribution < 1.29 is 19.1 Å². The van der Waals surface area contributed by atoms with Gasteiger partial charge in [-0.3, -0.25) is 9.59 Å². The molecular weight excluding hydrogens is 522 g/mol. The molecule has 2 amide bonds. The molecule has 0 spiro atoms. The molecule has 210 valence electrons. The molecule has 7 rings (SSSR count). The molecular formula is C30H31N7O4. The Bertz CT molecular complexity index is 1550. The summed E-state index contributed by atoms with van der Waals surface area (Å²) in [6, 6.07) is 16.3. The van der Waals surface area contributed by atoms with E-state index in [0.717, 1.165) is 17.0 Å². The Labute approximate surface area is 237 Å². The van der Waals surface area contributed by atoms with Gasteiger partial charge in [0.2, 0.25) is 0 Å². The van der Waals surface area contributed by atoms with Gasteiger partial charge >= 0.3 is 0 Å². The van der Waals surface area contributed by atoms with E-state index < -0.39 is 0 Å². The van der Waals surface area contributed by atoms with Crippen LogP contribution in [-0.2, 0) is 18.4 Å². The summed E-state index contributed by atoms with van der Waals surface area (Å²) in [5.41, 5.74) is 2.90. The molecule has 0 aliphatic carbocycles. The molecule has 3 aliphatic rings. The molecule has 0 unspecified atom stereocenters. The van der Waals surface area contributed by atoms with Gasteiger partial charge in [-0.25, -0.2) is 4.98 Å². The first-order chi connectivity index (χ1) is 19.9. The van der Waals surface area contributed by atoms with E-state index in [2.05, 4.69) is 30.7 Å². The number of amides is 2. The number of nitrogens with zero attached hydrogens (tertiary/aromatic N) is 5. The van der Waals surface area contributed by atoms with Crippen LogP contribution < -0.4 is 25.0 Å². The number of benzene rings is 2. The Balaban J connectivity index is 1.27. The molecule has 5 heterocycles. The first kappa shape index (κ1) is 26.3. The van der Waals surface area contributed by atoms with E-state index in [1.165, 1.54) is 0 Å². The molecule has 11 nitrogen and oxygen atoms in total. The number of anilines is 1. The van der Waals surface area contributed by atoms with Crippen molar-refractivity contribution in [2.45, 2.75) is 32.0 Å². The standard InChI is InChI=1S/C30H31N7O4/c1-19-3-6-21-15-26(19)40-18-28(38)32-16-20-4-7-22(8-5-20)41-25-11-13-37(17-24(25)33-30(21)39)27-10-9-23(34-35-27)29-31-12-14-36(29)2/h3-10,12,14-15,24-25H,11,13,16-18H2,1-2H3,(H,32,38)(H,33,39)/t24-,25-/m0/s1. The number of rotatable bonds is 2. The Morgan fingerprint density at radius 3 is 2.63 bits per heavy atom. The summed E-state index contributed by atoms with van der Waals surface area (Å²) in [6.07, 6.45) is 3.98. The average Bonchev–Trinajstić information content (AvgIpc) is 3.42. The number of carbonyl (C=O) groups is 2. The van der Waals surface area contributed by atoms with Gasteiger partial charge in [-0.15, -0.1) is 10.2 Å². The minimum Gasteiger partial charge on any atom is -0.488 e. The predicted octanol–water partition coefficient (Wildman–Crippen LogP) is 2.65. The number of hydrogen-bond acceptors (Lipinski definition) is 8. The Hall–Kier alpha value is -4.93. The maximum atomic E-state index is 13.5. The highest BCUT2D eigenvalue weighted by molar-refractivity contribution is 5.95. The lowest BCUT2D eigenvalue weighted by molar-refractivity contribution is -0.123. The lowest BCUT2D eigenvalue weighted by Crippen LogP contribution is -2.57. The SMILES string of the molecule is Cc1ccc2cc1OCC(=O)NCc1ccc(cc1)O[C@H]1CCN(c3ccc(-c4nccn4C)nn3)C[C@@H]1NC2=O. The molecule has 4 bridgehead atoms. The molecule has 0 radical (unpaired) electrons. The van der Waals surface area contributed by atoms with E-state index in [-0.39, 0.29) is 30.6 Å². The molecule has 1 fully saturated rings. The number of hydrogen-bond donors (Lipinski definition) is 2. The third-order valence-corrected chi connectivity index (χ3v) is 7.40. The number of imidazole rings is 1. The van der Waals surface area contributed by atoms with Crippen LogP contribution >= 0.6 is 0 Å². The smallest absolute Gasteiger partial charge is 0.258 e. The van der Waals surface area contributed by atoms with Crippen LogP contribution in [0.25, 0.3) is 11.5 Å². The van der Waals surface area contributed by atoms with Gasteiger partial charge < -0.3 is 29.6 Å². The molecule has 0 saturated carbocycles. The Kier molecular flexibility index (Phi) is 7.24. The summed E-state index contributed by atoms with van der Waals surface area (Å²) in [4.78, 5) is 32.3. The van der Waals surface area contributed by atoms with Crippen molar-refractivity contribution in [3.05, 3.63) is 83.7 Å². The summed E-state index contributed by atoms with van der Waals surface area (Å²) in [5.74, 6) is 2.14. The summed E-state index contributed by atoms with van der Waals surface area (Å²) < 4.78 is 14.1. The van der Waals surface area contributed by atoms with Gasteiger partial charge in [0.1, 0.15) is 23.3 Å². The third-order valence-electron chi connectivity index (χ3n) is 7.40. The molecule has 1 saturated heterocycles. The van der Waals surface area contributed by atoms with Gasteiger partial charge in [-0.05, 0) is 54.4 Å². The monoisotopic (exact) mass is 553 g/mol. The maximum Gasteiger partial charge on any atom is 0.258 e. The largest absolute Gasteiger partial charge is 0.488 e. The van der Waals surface area contributed by atoms with Crippen molar-refractivity contribution in [2.75, 3.05) is 24.6 Å². The molecule has 2 atom stereocenters. The van der Waals surface area contributed by atoms with Crippen LogP contribution in [0.3, 0.4) is 0 Å². The van der Waals surface area contributed by atoms with Crippen molar-refractivity contribution in [3.8, 4) is 23.0 Å². The highest BCUT2D eigenvalue weighted by Crippen LogP contribution is 2.25. The normalized spacial score (nSPS) is 19.3. The van der Waals surface area contributed by atoms with E-state index in [4.69, 9.17) is 9.47 Å². The molecule has 4 aromatic rings. The van der Waals surface area contributed by atoms with E-state index in [9.17, 15) is 9.59 Å². The Morgan fingerprint density at radius 2 is 1.88 bits per heavy atom. The average molecular weight is 554 g/mol. The van der Waals surface area contributed by atoms with Crippen LogP contribution in [0.4, 0.5) is 5.82 Å². The highest BCUT2D eigenvalue weighted by Gasteiger charge is 2.33. The van der Waals surface area contributed by atoms with E-state index in [1.807, 2.05) is 67.2 Å². The van der Waals surface area contributed by atoms with Crippen molar-refractivity contribution in [1.82, 2.24) is 30.4 Å². The van der Waals surface area contributed by atoms with Gasteiger partial charge in [-0.2, -0.15) is 0 Å². The zero-order valence-electron chi connectivity index (χ0n) is 22.9. The first-order valence-corrected chi connectivity index (χ1v) is 13.6. The maximum absolute atomic E-state index is 13.5. The number of aryl methyl sites for hydroxylation is 2. The summed E-state index contributed by atoms with van der Waals surface area (Å²) >= 11 is 0. The van der Waals surface area contributed by atoms with Gasteiger partial charge in [0.15, 0.2) is 18.2 Å². The topological polar surface area (TPSA) is 124 Å². The second-order valence-electron chi connectivity index (χ2n) is 10.3. The number of carbonyl (C=O) groups excluding carboxylic acids is 2. The van der Waals surface area contributed by atoms with Crippen molar-refractivity contribution in [2.24, 2.45) is 7.05 Å². The van der Waals surface area contributed by atoms with E-state index >= 15 is 0 Å². The van der Waals surface area contributed by atoms with Crippen molar-refractivity contribution in [1.29, 1.82) is 0 Å². The number of fused-ring (bicyclic) bond motifs is 7. The summed E-state index contributed by atoms with van der Waals surface area (Å²) in [5, 5.41) is 14.9. The predicted molar refractivity (Wildman–Crippen MR) is 152 cm³/mol. The number of ether oxygens (including phenoxy) is 2. The Morgan fingerprint density at radius 1 is 1.02 bits per heavy atom. The zero-order chi connectivity index (χ0) is 28.3. The van der Waals surface area contributed by atoms with Gasteiger partial charge in [0.25, 0.3) is 11.8 Å². The minimum absolute atomic E-state index is 0.146. The molecule has 2 N–H and O–H groups in total. The summed E-state index contributed by atoms with van der Waals surface area (Å²) in [6.45, 7) is 3.27. The quantitative estimate of drug-likeness (QED) is 0.389. The first-order valence-electron chi connectivity index (χ1n) is 13.6. The molecule has 2 aromatic carbocycles. The number of piperidine rings is 1. The van der Waals surface area contributed by atoms with Crippen LogP contribution in [0.5, 0.6) is 11.5 Å². The number of nitrogens with one attached hydrogen (secondary N) is 2. The van der Waals surface area contributed by atoms with Crippen molar-refractivity contribution >= 4 is 17.6 Å². The van der Waals surface area contributed by atoms with Crippen LogP contribution in [-0.4, -0.2) is 63.4 Å². The second kappa shape index (κ2) is 11.3. The van der Waals surface area contributed by atoms with Gasteiger partial charge in [-0.1, -0.05) is 18.2 Å². The van der Waals surface area contributed by atoms with E-state index in [0.29, 0.717) is 54.6 Å². The lowest BCUT2D eigenvalue weighted by atomic mass is 10.0. The second-order valence-corrected chi connectivity index (χ2v) is 10.3. The zero-order valence-corrected chi connectivity index (χ0v) is 22.9. The van der Waals surface area contributed by atoms with Gasteiger partial charge in [0, 0.05) is 51.1 Å². The fourth-order valence-electron chi connectivity index (χ4n) is 5.05. The van der Waals surface area contributed by atoms with Crippen LogP contribution in [0.1, 0.15) is 27.9 Å². The van der Waals surface area contributed by atoms with Gasteiger partial charge in [0.05, 0.1) is 6.04 Å². The van der Waals surface area contributed by atoms with Crippen LogP contribution in [0.2, 0.25) is 0 Å². The van der Waals surface area contributed by atoms with Crippen LogP contribution in [0.15, 0.2) is 67.0 Å².